The number of ether oxygens (including phenoxy) is 1. The summed E-state index contributed by atoms with van der Waals surface area (Å²) < 4.78 is 5.29. The van der Waals surface area contributed by atoms with Crippen molar-refractivity contribution >= 4 is 23.2 Å². The Kier molecular flexibility index (Phi) is 5.98. The fraction of sp³-hybridized carbons (Fsp3) is 0.167. The van der Waals surface area contributed by atoms with Gasteiger partial charge in [-0.15, -0.1) is 0 Å². The number of hydrogen-bond donors (Lipinski definition) is 2. The molecular formula is C24H24N2O3. The second kappa shape index (κ2) is 8.61. The van der Waals surface area contributed by atoms with Crippen molar-refractivity contribution in [3.05, 3.63) is 88.5 Å². The molecule has 0 radical (unpaired) electrons. The average Bonchev–Trinajstić information content (AvgIpc) is 2.71. The molecule has 0 fully saturated rings. The highest BCUT2D eigenvalue weighted by Crippen LogP contribution is 2.25. The van der Waals surface area contributed by atoms with Crippen LogP contribution in [0.5, 0.6) is 5.75 Å². The van der Waals surface area contributed by atoms with Gasteiger partial charge in [-0.1, -0.05) is 12.1 Å². The number of nitrogens with one attached hydrogen (secondary N) is 2. The summed E-state index contributed by atoms with van der Waals surface area (Å²) in [5, 5.41) is 5.73. The number of carbonyl (C=O) groups is 2. The third-order valence-electron chi connectivity index (χ3n) is 4.78. The zero-order valence-corrected chi connectivity index (χ0v) is 17.0. The number of rotatable bonds is 5. The average molecular weight is 388 g/mol. The highest BCUT2D eigenvalue weighted by atomic mass is 16.5. The van der Waals surface area contributed by atoms with Gasteiger partial charge >= 0.3 is 0 Å². The Balaban J connectivity index is 1.70. The van der Waals surface area contributed by atoms with Crippen molar-refractivity contribution < 1.29 is 14.3 Å². The number of amides is 2. The first-order valence-corrected chi connectivity index (χ1v) is 9.32. The lowest BCUT2D eigenvalue weighted by Crippen LogP contribution is -2.15. The van der Waals surface area contributed by atoms with E-state index in [1.165, 1.54) is 5.56 Å². The maximum atomic E-state index is 12.6. The minimum atomic E-state index is -0.269. The van der Waals surface area contributed by atoms with Gasteiger partial charge in [0.2, 0.25) is 0 Å². The van der Waals surface area contributed by atoms with Gasteiger partial charge in [0.1, 0.15) is 5.75 Å². The van der Waals surface area contributed by atoms with E-state index in [1.54, 1.807) is 31.4 Å². The fourth-order valence-electron chi connectivity index (χ4n) is 2.91. The molecule has 2 N–H and O–H groups in total. The van der Waals surface area contributed by atoms with E-state index in [-0.39, 0.29) is 11.8 Å². The van der Waals surface area contributed by atoms with Crippen molar-refractivity contribution in [1.82, 2.24) is 0 Å². The monoisotopic (exact) mass is 388 g/mol. The molecule has 0 heterocycles. The van der Waals surface area contributed by atoms with Crippen LogP contribution in [0.2, 0.25) is 0 Å². The smallest absolute Gasteiger partial charge is 0.255 e. The van der Waals surface area contributed by atoms with Crippen molar-refractivity contribution in [2.24, 2.45) is 0 Å². The van der Waals surface area contributed by atoms with Crippen LogP contribution in [-0.4, -0.2) is 18.9 Å². The van der Waals surface area contributed by atoms with E-state index < -0.39 is 0 Å². The lowest BCUT2D eigenvalue weighted by Gasteiger charge is -2.11. The molecule has 0 unspecified atom stereocenters. The third-order valence-corrected chi connectivity index (χ3v) is 4.78. The second-order valence-corrected chi connectivity index (χ2v) is 6.99. The van der Waals surface area contributed by atoms with Crippen LogP contribution >= 0.6 is 0 Å². The Morgan fingerprint density at radius 1 is 0.724 bits per heavy atom. The predicted molar refractivity (Wildman–Crippen MR) is 116 cm³/mol. The van der Waals surface area contributed by atoms with Crippen molar-refractivity contribution in [3.63, 3.8) is 0 Å². The van der Waals surface area contributed by atoms with Crippen LogP contribution in [-0.2, 0) is 0 Å². The molecule has 0 aromatic heterocycles. The Bertz CT molecular complexity index is 1060. The molecule has 0 atom stereocenters. The molecule has 2 amide bonds. The molecule has 0 aliphatic heterocycles. The summed E-state index contributed by atoms with van der Waals surface area (Å²) in [5.74, 6) is 0.101. The molecule has 0 aliphatic carbocycles. The topological polar surface area (TPSA) is 67.4 Å². The van der Waals surface area contributed by atoms with Gasteiger partial charge in [-0.05, 0) is 86.0 Å². The maximum Gasteiger partial charge on any atom is 0.255 e. The molecule has 3 aromatic rings. The Morgan fingerprint density at radius 3 is 1.93 bits per heavy atom. The number of aryl methyl sites for hydroxylation is 3. The maximum absolute atomic E-state index is 12.6. The molecular weight excluding hydrogens is 364 g/mol. The molecule has 5 nitrogen and oxygen atoms in total. The summed E-state index contributed by atoms with van der Waals surface area (Å²) in [6, 6.07) is 17.9. The van der Waals surface area contributed by atoms with Crippen LogP contribution in [0.1, 0.15) is 37.4 Å². The molecule has 5 heteroatoms. The van der Waals surface area contributed by atoms with Crippen LogP contribution in [0.3, 0.4) is 0 Å². The van der Waals surface area contributed by atoms with Crippen LogP contribution < -0.4 is 15.4 Å². The van der Waals surface area contributed by atoms with Gasteiger partial charge in [0.15, 0.2) is 0 Å². The molecule has 0 spiro atoms. The fourth-order valence-corrected chi connectivity index (χ4v) is 2.91. The highest BCUT2D eigenvalue weighted by Gasteiger charge is 2.12. The van der Waals surface area contributed by atoms with E-state index in [4.69, 9.17) is 4.74 Å². The number of carbonyl (C=O) groups excluding carboxylic acids is 2. The number of methoxy groups -OCH3 is 1. The number of benzene rings is 3. The quantitative estimate of drug-likeness (QED) is 0.637. The lowest BCUT2D eigenvalue weighted by atomic mass is 10.1. The summed E-state index contributed by atoms with van der Waals surface area (Å²) in [5.41, 5.74) is 5.58. The summed E-state index contributed by atoms with van der Waals surface area (Å²) in [7, 11) is 1.56. The summed E-state index contributed by atoms with van der Waals surface area (Å²) in [6.07, 6.45) is 0. The van der Waals surface area contributed by atoms with Crippen LogP contribution in [0, 0.1) is 20.8 Å². The first kappa shape index (κ1) is 20.1. The standard InChI is InChI=1S/C24H24N2O3/c1-15-5-12-22(29-4)21(13-15)26-24(28)19-9-7-18(8-10-19)23(27)25-20-11-6-16(2)17(3)14-20/h5-14H,1-4H3,(H,25,27)(H,26,28). The largest absolute Gasteiger partial charge is 0.495 e. The zero-order valence-electron chi connectivity index (χ0n) is 17.0. The van der Waals surface area contributed by atoms with Crippen molar-refractivity contribution in [3.8, 4) is 5.75 Å². The normalized spacial score (nSPS) is 10.3. The second-order valence-electron chi connectivity index (χ2n) is 6.99. The van der Waals surface area contributed by atoms with Crippen molar-refractivity contribution in [2.75, 3.05) is 17.7 Å². The van der Waals surface area contributed by atoms with E-state index in [0.717, 1.165) is 16.8 Å². The van der Waals surface area contributed by atoms with Gasteiger partial charge in [-0.2, -0.15) is 0 Å². The molecule has 0 aliphatic rings. The third kappa shape index (κ3) is 4.82. The van der Waals surface area contributed by atoms with Gasteiger partial charge in [-0.25, -0.2) is 0 Å². The van der Waals surface area contributed by atoms with Gasteiger partial charge < -0.3 is 15.4 Å². The van der Waals surface area contributed by atoms with E-state index in [9.17, 15) is 9.59 Å². The predicted octanol–water partition coefficient (Wildman–Crippen LogP) is 5.13. The summed E-state index contributed by atoms with van der Waals surface area (Å²) >= 11 is 0. The molecule has 0 saturated carbocycles. The van der Waals surface area contributed by atoms with Gasteiger partial charge in [0.25, 0.3) is 11.8 Å². The highest BCUT2D eigenvalue weighted by molar-refractivity contribution is 6.07. The Hall–Kier alpha value is -3.60. The van der Waals surface area contributed by atoms with Gasteiger partial charge in [0.05, 0.1) is 12.8 Å². The molecule has 3 rings (SSSR count). The van der Waals surface area contributed by atoms with Crippen LogP contribution in [0.15, 0.2) is 60.7 Å². The van der Waals surface area contributed by atoms with E-state index in [2.05, 4.69) is 10.6 Å². The SMILES string of the molecule is COc1ccc(C)cc1NC(=O)c1ccc(C(=O)Nc2ccc(C)c(C)c2)cc1. The molecule has 3 aromatic carbocycles. The number of hydrogen-bond acceptors (Lipinski definition) is 3. The zero-order chi connectivity index (χ0) is 21.0. The molecule has 0 bridgehead atoms. The summed E-state index contributed by atoms with van der Waals surface area (Å²) in [4.78, 5) is 25.0. The first-order valence-electron chi connectivity index (χ1n) is 9.32. The minimum absolute atomic E-state index is 0.222. The van der Waals surface area contributed by atoms with Gasteiger partial charge in [0, 0.05) is 16.8 Å². The van der Waals surface area contributed by atoms with E-state index in [0.29, 0.717) is 22.6 Å². The Labute approximate surface area is 170 Å². The molecule has 0 saturated heterocycles. The first-order chi connectivity index (χ1) is 13.9. The van der Waals surface area contributed by atoms with Crippen molar-refractivity contribution in [2.45, 2.75) is 20.8 Å². The molecule has 148 valence electrons. The van der Waals surface area contributed by atoms with E-state index in [1.807, 2.05) is 57.2 Å². The van der Waals surface area contributed by atoms with Gasteiger partial charge in [-0.3, -0.25) is 9.59 Å². The molecule has 29 heavy (non-hydrogen) atoms. The van der Waals surface area contributed by atoms with Crippen LogP contribution in [0.25, 0.3) is 0 Å². The lowest BCUT2D eigenvalue weighted by molar-refractivity contribution is 0.101. The van der Waals surface area contributed by atoms with Crippen LogP contribution in [0.4, 0.5) is 11.4 Å². The minimum Gasteiger partial charge on any atom is -0.495 e. The van der Waals surface area contributed by atoms with Crippen molar-refractivity contribution in [1.29, 1.82) is 0 Å². The van der Waals surface area contributed by atoms with E-state index >= 15 is 0 Å². The number of anilines is 2. The Morgan fingerprint density at radius 2 is 1.34 bits per heavy atom. The summed E-state index contributed by atoms with van der Waals surface area (Å²) in [6.45, 7) is 5.97.